The van der Waals surface area contributed by atoms with Crippen LogP contribution in [-0.2, 0) is 6.42 Å². The summed E-state index contributed by atoms with van der Waals surface area (Å²) in [5, 5.41) is 5.69. The first kappa shape index (κ1) is 21.8. The van der Waals surface area contributed by atoms with Crippen LogP contribution in [0.3, 0.4) is 0 Å². The van der Waals surface area contributed by atoms with Crippen LogP contribution in [0.5, 0.6) is 0 Å². The predicted octanol–water partition coefficient (Wildman–Crippen LogP) is 3.57. The van der Waals surface area contributed by atoms with E-state index < -0.39 is 0 Å². The van der Waals surface area contributed by atoms with Crippen LogP contribution in [0.4, 0.5) is 4.39 Å². The Labute approximate surface area is 163 Å². The van der Waals surface area contributed by atoms with Crippen molar-refractivity contribution >= 4 is 42.1 Å². The van der Waals surface area contributed by atoms with Gasteiger partial charge < -0.3 is 11.1 Å². The van der Waals surface area contributed by atoms with Gasteiger partial charge in [-0.05, 0) is 43.0 Å². The van der Waals surface area contributed by atoms with Gasteiger partial charge in [-0.3, -0.25) is 4.79 Å². The number of thiazole rings is 1. The van der Waals surface area contributed by atoms with E-state index in [1.54, 1.807) is 17.5 Å². The van der Waals surface area contributed by atoms with Crippen LogP contribution >= 0.6 is 36.2 Å². The summed E-state index contributed by atoms with van der Waals surface area (Å²) in [6.07, 6.45) is 3.78. The largest absolute Gasteiger partial charge is 0.348 e. The van der Waals surface area contributed by atoms with Gasteiger partial charge in [-0.1, -0.05) is 18.6 Å². The molecule has 1 heterocycles. The SMILES string of the molecule is Cl.Cl.NCC1CCCC1NC(=O)c1csc(Cc2ccc(F)cc2)n1. The number of benzene rings is 1. The van der Waals surface area contributed by atoms with E-state index in [-0.39, 0.29) is 42.6 Å². The van der Waals surface area contributed by atoms with Crippen molar-refractivity contribution < 1.29 is 9.18 Å². The third kappa shape index (κ3) is 5.64. The number of nitrogens with two attached hydrogens (primary N) is 1. The molecule has 2 aromatic rings. The molecule has 138 valence electrons. The zero-order chi connectivity index (χ0) is 16.2. The predicted molar refractivity (Wildman–Crippen MR) is 103 cm³/mol. The lowest BCUT2D eigenvalue weighted by Gasteiger charge is -2.18. The summed E-state index contributed by atoms with van der Waals surface area (Å²) in [6, 6.07) is 6.50. The Morgan fingerprint density at radius 1 is 1.28 bits per heavy atom. The second-order valence-electron chi connectivity index (χ2n) is 5.94. The quantitative estimate of drug-likeness (QED) is 0.798. The van der Waals surface area contributed by atoms with Gasteiger partial charge in [0.25, 0.3) is 5.91 Å². The molecule has 8 heteroatoms. The monoisotopic (exact) mass is 405 g/mol. The van der Waals surface area contributed by atoms with Crippen molar-refractivity contribution in [2.75, 3.05) is 6.54 Å². The highest BCUT2D eigenvalue weighted by Crippen LogP contribution is 2.25. The number of nitrogens with one attached hydrogen (secondary N) is 1. The highest BCUT2D eigenvalue weighted by atomic mass is 35.5. The molecule has 1 aliphatic rings. The summed E-state index contributed by atoms with van der Waals surface area (Å²) >= 11 is 1.45. The topological polar surface area (TPSA) is 68.0 Å². The molecular weight excluding hydrogens is 384 g/mol. The molecule has 2 atom stereocenters. The van der Waals surface area contributed by atoms with Gasteiger partial charge in [0, 0.05) is 17.8 Å². The summed E-state index contributed by atoms with van der Waals surface area (Å²) in [7, 11) is 0. The van der Waals surface area contributed by atoms with Gasteiger partial charge >= 0.3 is 0 Å². The molecule has 1 amide bonds. The van der Waals surface area contributed by atoms with Gasteiger partial charge in [0.05, 0.1) is 5.01 Å². The van der Waals surface area contributed by atoms with E-state index >= 15 is 0 Å². The van der Waals surface area contributed by atoms with Gasteiger partial charge in [0.15, 0.2) is 0 Å². The Kier molecular flexibility index (Phi) is 8.79. The third-order valence-corrected chi connectivity index (χ3v) is 5.18. The highest BCUT2D eigenvalue weighted by molar-refractivity contribution is 7.09. The van der Waals surface area contributed by atoms with Crippen LogP contribution in [0.2, 0.25) is 0 Å². The highest BCUT2D eigenvalue weighted by Gasteiger charge is 2.28. The first-order valence-corrected chi connectivity index (χ1v) is 8.73. The van der Waals surface area contributed by atoms with Crippen molar-refractivity contribution in [2.24, 2.45) is 11.7 Å². The lowest BCUT2D eigenvalue weighted by atomic mass is 10.0. The second-order valence-corrected chi connectivity index (χ2v) is 6.88. The van der Waals surface area contributed by atoms with E-state index in [1.807, 2.05) is 0 Å². The van der Waals surface area contributed by atoms with Crippen LogP contribution < -0.4 is 11.1 Å². The fraction of sp³-hybridized carbons (Fsp3) is 0.412. The smallest absolute Gasteiger partial charge is 0.270 e. The zero-order valence-electron chi connectivity index (χ0n) is 13.6. The van der Waals surface area contributed by atoms with E-state index in [2.05, 4.69) is 10.3 Å². The van der Waals surface area contributed by atoms with E-state index in [9.17, 15) is 9.18 Å². The Bertz CT molecular complexity index is 681. The normalized spacial score (nSPS) is 19.0. The molecule has 1 fully saturated rings. The molecule has 1 aromatic heterocycles. The minimum absolute atomic E-state index is 0. The Morgan fingerprint density at radius 2 is 2.00 bits per heavy atom. The first-order chi connectivity index (χ1) is 11.2. The summed E-state index contributed by atoms with van der Waals surface area (Å²) in [6.45, 7) is 0.609. The van der Waals surface area contributed by atoms with Crippen LogP contribution in [0.25, 0.3) is 0 Å². The van der Waals surface area contributed by atoms with Gasteiger partial charge in [-0.25, -0.2) is 9.37 Å². The third-order valence-electron chi connectivity index (χ3n) is 4.33. The minimum Gasteiger partial charge on any atom is -0.348 e. The van der Waals surface area contributed by atoms with Crippen molar-refractivity contribution in [2.45, 2.75) is 31.7 Å². The van der Waals surface area contributed by atoms with Gasteiger partial charge in [0.2, 0.25) is 0 Å². The fourth-order valence-corrected chi connectivity index (χ4v) is 3.83. The van der Waals surface area contributed by atoms with Crippen molar-refractivity contribution in [3.63, 3.8) is 0 Å². The maximum atomic E-state index is 12.9. The minimum atomic E-state index is -0.251. The number of hydrogen-bond donors (Lipinski definition) is 2. The standard InChI is InChI=1S/C17H20FN3OS.2ClH/c18-13-6-4-11(5-7-13)8-16-20-15(10-23-16)17(22)21-14-3-1-2-12(14)9-19;;/h4-7,10,12,14H,1-3,8-9,19H2,(H,21,22);2*1H. The summed E-state index contributed by atoms with van der Waals surface area (Å²) in [5.41, 5.74) is 7.18. The van der Waals surface area contributed by atoms with Gasteiger partial charge in [-0.2, -0.15) is 0 Å². The molecule has 0 bridgehead atoms. The Balaban J connectivity index is 0.00000156. The molecule has 4 nitrogen and oxygen atoms in total. The molecule has 0 saturated heterocycles. The number of halogens is 3. The number of amides is 1. The lowest BCUT2D eigenvalue weighted by molar-refractivity contribution is 0.0924. The summed E-state index contributed by atoms with van der Waals surface area (Å²) < 4.78 is 12.9. The van der Waals surface area contributed by atoms with Crippen molar-refractivity contribution in [1.82, 2.24) is 10.3 Å². The van der Waals surface area contributed by atoms with E-state index in [0.29, 0.717) is 24.6 Å². The number of carbonyl (C=O) groups excluding carboxylic acids is 1. The number of aromatic nitrogens is 1. The molecule has 25 heavy (non-hydrogen) atoms. The van der Waals surface area contributed by atoms with E-state index in [4.69, 9.17) is 5.73 Å². The fourth-order valence-electron chi connectivity index (χ4n) is 3.02. The average Bonchev–Trinajstić information content (AvgIpc) is 3.18. The molecule has 1 aromatic carbocycles. The maximum Gasteiger partial charge on any atom is 0.270 e. The number of hydrogen-bond acceptors (Lipinski definition) is 4. The molecule has 1 aliphatic carbocycles. The Hall–Kier alpha value is -1.21. The maximum absolute atomic E-state index is 12.9. The van der Waals surface area contributed by atoms with Gasteiger partial charge in [0.1, 0.15) is 11.5 Å². The Morgan fingerprint density at radius 3 is 2.68 bits per heavy atom. The molecule has 3 N–H and O–H groups in total. The molecule has 0 spiro atoms. The van der Waals surface area contributed by atoms with Crippen LogP contribution in [-0.4, -0.2) is 23.5 Å². The summed E-state index contributed by atoms with van der Waals surface area (Å²) in [4.78, 5) is 16.7. The summed E-state index contributed by atoms with van der Waals surface area (Å²) in [5.74, 6) is -0.00722. The van der Waals surface area contributed by atoms with Crippen LogP contribution in [0, 0.1) is 11.7 Å². The molecule has 0 radical (unpaired) electrons. The zero-order valence-corrected chi connectivity index (χ0v) is 16.1. The number of rotatable bonds is 5. The lowest BCUT2D eigenvalue weighted by Crippen LogP contribution is -2.40. The van der Waals surface area contributed by atoms with Crippen LogP contribution in [0.1, 0.15) is 40.3 Å². The molecule has 0 aliphatic heterocycles. The van der Waals surface area contributed by atoms with Crippen molar-refractivity contribution in [3.05, 3.63) is 51.7 Å². The second kappa shape index (κ2) is 10.1. The number of carbonyl (C=O) groups is 1. The van der Waals surface area contributed by atoms with Gasteiger partial charge in [-0.15, -0.1) is 36.2 Å². The van der Waals surface area contributed by atoms with Crippen molar-refractivity contribution in [1.29, 1.82) is 0 Å². The molecular formula is C17H22Cl2FN3OS. The first-order valence-electron chi connectivity index (χ1n) is 7.85. The van der Waals surface area contributed by atoms with E-state index in [1.165, 1.54) is 23.5 Å². The number of nitrogens with zero attached hydrogens (tertiary/aromatic N) is 1. The molecule has 2 unspecified atom stereocenters. The molecule has 1 saturated carbocycles. The molecule has 3 rings (SSSR count). The van der Waals surface area contributed by atoms with E-state index in [0.717, 1.165) is 29.8 Å². The average molecular weight is 406 g/mol. The van der Waals surface area contributed by atoms with Crippen molar-refractivity contribution in [3.8, 4) is 0 Å². The van der Waals surface area contributed by atoms with Crippen LogP contribution in [0.15, 0.2) is 29.6 Å².